The van der Waals surface area contributed by atoms with Crippen LogP contribution in [0.2, 0.25) is 5.15 Å². The van der Waals surface area contributed by atoms with E-state index in [4.69, 9.17) is 11.6 Å². The minimum Gasteiger partial charge on any atom is -0.324 e. The van der Waals surface area contributed by atoms with Gasteiger partial charge in [0, 0.05) is 11.9 Å². The van der Waals surface area contributed by atoms with Crippen molar-refractivity contribution >= 4 is 52.2 Å². The largest absolute Gasteiger partial charge is 0.324 e. The van der Waals surface area contributed by atoms with E-state index in [1.54, 1.807) is 12.1 Å². The molecule has 126 valence electrons. The maximum atomic E-state index is 12.4. The number of benzene rings is 1. The van der Waals surface area contributed by atoms with Crippen LogP contribution in [0.15, 0.2) is 53.6 Å². The van der Waals surface area contributed by atoms with Crippen molar-refractivity contribution in [1.82, 2.24) is 9.88 Å². The predicted octanol–water partition coefficient (Wildman–Crippen LogP) is 3.41. The number of aromatic nitrogens is 1. The van der Waals surface area contributed by atoms with Gasteiger partial charge < -0.3 is 5.32 Å². The summed E-state index contributed by atoms with van der Waals surface area (Å²) in [6.07, 6.45) is 3.08. The van der Waals surface area contributed by atoms with E-state index in [2.05, 4.69) is 10.3 Å². The van der Waals surface area contributed by atoms with E-state index in [9.17, 15) is 14.4 Å². The highest BCUT2D eigenvalue weighted by molar-refractivity contribution is 8.18. The van der Waals surface area contributed by atoms with Gasteiger partial charge in [0.1, 0.15) is 11.7 Å². The van der Waals surface area contributed by atoms with Crippen molar-refractivity contribution in [3.8, 4) is 0 Å². The summed E-state index contributed by atoms with van der Waals surface area (Å²) in [6, 6.07) is 12.2. The number of thioether (sulfide) groups is 1. The molecule has 3 amide bonds. The van der Waals surface area contributed by atoms with E-state index in [0.717, 1.165) is 22.2 Å². The van der Waals surface area contributed by atoms with Gasteiger partial charge in [-0.3, -0.25) is 19.3 Å². The smallest absolute Gasteiger partial charge is 0.294 e. The molecule has 0 unspecified atom stereocenters. The van der Waals surface area contributed by atoms with Crippen molar-refractivity contribution in [2.24, 2.45) is 0 Å². The van der Waals surface area contributed by atoms with Crippen LogP contribution in [-0.2, 0) is 9.59 Å². The number of nitrogens with zero attached hydrogens (tertiary/aromatic N) is 2. The summed E-state index contributed by atoms with van der Waals surface area (Å²) < 4.78 is 0. The number of carbonyl (C=O) groups excluding carboxylic acids is 3. The van der Waals surface area contributed by atoms with Gasteiger partial charge in [-0.2, -0.15) is 0 Å². The number of anilines is 1. The zero-order valence-corrected chi connectivity index (χ0v) is 14.4. The molecule has 2 aromatic rings. The lowest BCUT2D eigenvalue weighted by Gasteiger charge is -2.12. The van der Waals surface area contributed by atoms with Crippen molar-refractivity contribution in [2.45, 2.75) is 0 Å². The van der Waals surface area contributed by atoms with Gasteiger partial charge in [-0.1, -0.05) is 41.9 Å². The van der Waals surface area contributed by atoms with Crippen LogP contribution in [-0.4, -0.2) is 33.5 Å². The topological polar surface area (TPSA) is 79.4 Å². The monoisotopic (exact) mass is 373 g/mol. The molecule has 1 fully saturated rings. The number of hydrogen-bond donors (Lipinski definition) is 1. The number of pyridine rings is 1. The molecule has 0 bridgehead atoms. The van der Waals surface area contributed by atoms with Crippen LogP contribution < -0.4 is 5.32 Å². The second-order valence-electron chi connectivity index (χ2n) is 5.09. The molecular formula is C17H12ClN3O3S. The summed E-state index contributed by atoms with van der Waals surface area (Å²) in [7, 11) is 0. The molecule has 1 aliphatic heterocycles. The molecule has 0 radical (unpaired) electrons. The average Bonchev–Trinajstić information content (AvgIpc) is 2.83. The molecule has 1 aromatic carbocycles. The number of halogens is 1. The summed E-state index contributed by atoms with van der Waals surface area (Å²) in [5.41, 5.74) is 1.25. The normalized spacial score (nSPS) is 15.7. The quantitative estimate of drug-likeness (QED) is 0.656. The molecule has 0 aliphatic carbocycles. The van der Waals surface area contributed by atoms with Gasteiger partial charge >= 0.3 is 0 Å². The maximum absolute atomic E-state index is 12.4. The highest BCUT2D eigenvalue weighted by Gasteiger charge is 2.36. The Labute approximate surface area is 152 Å². The number of carbonyl (C=O) groups is 3. The first kappa shape index (κ1) is 17.2. The fraction of sp³-hybridized carbons (Fsp3) is 0.0588. The summed E-state index contributed by atoms with van der Waals surface area (Å²) in [4.78, 5) is 41.5. The van der Waals surface area contributed by atoms with Crippen LogP contribution in [0.1, 0.15) is 5.56 Å². The minimum absolute atomic E-state index is 0.231. The second-order valence-corrected chi connectivity index (χ2v) is 6.47. The van der Waals surface area contributed by atoms with Crippen LogP contribution in [0.25, 0.3) is 6.08 Å². The van der Waals surface area contributed by atoms with Crippen molar-refractivity contribution < 1.29 is 14.4 Å². The Morgan fingerprint density at radius 3 is 2.72 bits per heavy atom. The lowest BCUT2D eigenvalue weighted by molar-refractivity contribution is -0.127. The van der Waals surface area contributed by atoms with Gasteiger partial charge in [-0.15, -0.1) is 0 Å². The van der Waals surface area contributed by atoms with Gasteiger partial charge in [-0.05, 0) is 35.5 Å². The third-order valence-electron chi connectivity index (χ3n) is 3.28. The first-order valence-corrected chi connectivity index (χ1v) is 8.44. The number of nitrogens with one attached hydrogen (secondary N) is 1. The Morgan fingerprint density at radius 1 is 1.24 bits per heavy atom. The minimum atomic E-state index is -0.495. The first-order chi connectivity index (χ1) is 12.0. The molecule has 1 saturated heterocycles. The molecule has 6 nitrogen and oxygen atoms in total. The Morgan fingerprint density at radius 2 is 2.00 bits per heavy atom. The molecule has 1 N–H and O–H groups in total. The zero-order valence-electron chi connectivity index (χ0n) is 12.8. The Hall–Kier alpha value is -2.64. The fourth-order valence-electron chi connectivity index (χ4n) is 2.16. The van der Waals surface area contributed by atoms with Gasteiger partial charge in [0.05, 0.1) is 4.91 Å². The van der Waals surface area contributed by atoms with Crippen LogP contribution in [0.3, 0.4) is 0 Å². The van der Waals surface area contributed by atoms with Crippen LogP contribution >= 0.6 is 23.4 Å². The lowest BCUT2D eigenvalue weighted by Crippen LogP contribution is -2.36. The highest BCUT2D eigenvalue weighted by Crippen LogP contribution is 2.32. The lowest BCUT2D eigenvalue weighted by atomic mass is 10.2. The standard InChI is InChI=1S/C17H12ClN3O3S/c18-14-9-12(6-7-19-14)20-15(22)10-21-16(23)13(25-17(21)24)8-11-4-2-1-3-5-11/h1-9H,10H2,(H,19,20,22)/b13-8+. The number of hydrogen-bond acceptors (Lipinski definition) is 5. The van der Waals surface area contributed by atoms with Crippen LogP contribution in [0.4, 0.5) is 10.5 Å². The summed E-state index contributed by atoms with van der Waals surface area (Å²) in [5.74, 6) is -0.979. The average molecular weight is 374 g/mol. The van der Waals surface area contributed by atoms with E-state index in [1.165, 1.54) is 12.3 Å². The van der Waals surface area contributed by atoms with E-state index < -0.39 is 17.1 Å². The molecule has 0 atom stereocenters. The molecular weight excluding hydrogens is 362 g/mol. The van der Waals surface area contributed by atoms with E-state index in [0.29, 0.717) is 5.69 Å². The first-order valence-electron chi connectivity index (χ1n) is 7.25. The third-order valence-corrected chi connectivity index (χ3v) is 4.40. The SMILES string of the molecule is O=C(CN1C(=O)S/C(=C/c2ccccc2)C1=O)Nc1ccnc(Cl)c1. The van der Waals surface area contributed by atoms with Crippen molar-refractivity contribution in [1.29, 1.82) is 0 Å². The molecule has 25 heavy (non-hydrogen) atoms. The summed E-state index contributed by atoms with van der Waals surface area (Å²) in [6.45, 7) is -0.364. The maximum Gasteiger partial charge on any atom is 0.294 e. The fourth-order valence-corrected chi connectivity index (χ4v) is 3.17. The van der Waals surface area contributed by atoms with Gasteiger partial charge in [0.2, 0.25) is 5.91 Å². The number of imide groups is 1. The summed E-state index contributed by atoms with van der Waals surface area (Å²) in [5, 5.41) is 2.33. The van der Waals surface area contributed by atoms with Crippen molar-refractivity contribution in [2.75, 3.05) is 11.9 Å². The van der Waals surface area contributed by atoms with Gasteiger partial charge in [0.15, 0.2) is 0 Å². The van der Waals surface area contributed by atoms with Gasteiger partial charge in [-0.25, -0.2) is 4.98 Å². The van der Waals surface area contributed by atoms with E-state index in [-0.39, 0.29) is 16.6 Å². The van der Waals surface area contributed by atoms with E-state index in [1.807, 2.05) is 30.3 Å². The molecule has 0 saturated carbocycles. The Bertz CT molecular complexity index is 870. The third kappa shape index (κ3) is 4.26. The van der Waals surface area contributed by atoms with Crippen LogP contribution in [0, 0.1) is 0 Å². The van der Waals surface area contributed by atoms with Crippen LogP contribution in [0.5, 0.6) is 0 Å². The highest BCUT2D eigenvalue weighted by atomic mass is 35.5. The molecule has 8 heteroatoms. The van der Waals surface area contributed by atoms with Gasteiger partial charge in [0.25, 0.3) is 11.1 Å². The molecule has 3 rings (SSSR count). The van der Waals surface area contributed by atoms with Crippen molar-refractivity contribution in [3.63, 3.8) is 0 Å². The number of rotatable bonds is 4. The second kappa shape index (κ2) is 7.50. The zero-order chi connectivity index (χ0) is 17.8. The summed E-state index contributed by atoms with van der Waals surface area (Å²) >= 11 is 6.56. The number of amides is 3. The molecule has 0 spiro atoms. The molecule has 1 aliphatic rings. The molecule has 1 aromatic heterocycles. The Balaban J connectivity index is 1.68. The predicted molar refractivity (Wildman–Crippen MR) is 97.0 cm³/mol. The van der Waals surface area contributed by atoms with Crippen molar-refractivity contribution in [3.05, 3.63) is 64.3 Å². The van der Waals surface area contributed by atoms with E-state index >= 15 is 0 Å². The Kier molecular flexibility index (Phi) is 5.16. The molecule has 2 heterocycles.